The van der Waals surface area contributed by atoms with Crippen molar-refractivity contribution in [1.29, 1.82) is 0 Å². The first kappa shape index (κ1) is 39.5. The van der Waals surface area contributed by atoms with Gasteiger partial charge in [0.2, 0.25) is 27.7 Å². The van der Waals surface area contributed by atoms with E-state index < -0.39 is 85.7 Å². The molecule has 3 aliphatic rings. The molecule has 290 valence electrons. The number of aromatic nitrogens is 1. The molecule has 1 saturated heterocycles. The van der Waals surface area contributed by atoms with Gasteiger partial charge in [-0.05, 0) is 63.6 Å². The quantitative estimate of drug-likeness (QED) is 0.212. The second-order valence-electron chi connectivity index (χ2n) is 15.8. The van der Waals surface area contributed by atoms with Crippen molar-refractivity contribution in [3.8, 4) is 17.4 Å². The summed E-state index contributed by atoms with van der Waals surface area (Å²) in [5.74, 6) is -3.70. The van der Waals surface area contributed by atoms with E-state index >= 15 is 4.39 Å². The fraction of sp³-hybridized carbons (Fsp3) is 0.583. The number of hydrogen-bond acceptors (Lipinski definition) is 11. The highest BCUT2D eigenvalue weighted by molar-refractivity contribution is 7.91. The highest BCUT2D eigenvalue weighted by atomic mass is 32.2. The number of hydrogen-bond donors (Lipinski definition) is 3. The van der Waals surface area contributed by atoms with E-state index in [1.807, 2.05) is 0 Å². The first-order chi connectivity index (χ1) is 24.6. The van der Waals surface area contributed by atoms with Gasteiger partial charge in [0.05, 0.1) is 26.0 Å². The predicted molar refractivity (Wildman–Crippen MR) is 191 cm³/mol. The van der Waals surface area contributed by atoms with Gasteiger partial charge in [-0.25, -0.2) is 13.2 Å². The summed E-state index contributed by atoms with van der Waals surface area (Å²) in [4.78, 5) is 60.4. The van der Waals surface area contributed by atoms with Crippen molar-refractivity contribution in [1.82, 2.24) is 25.2 Å². The predicted octanol–water partition coefficient (Wildman–Crippen LogP) is 3.35. The van der Waals surface area contributed by atoms with Crippen molar-refractivity contribution in [2.45, 2.75) is 102 Å². The number of amides is 4. The summed E-state index contributed by atoms with van der Waals surface area (Å²) in [6.07, 6.45) is 0.478. The fourth-order valence-corrected chi connectivity index (χ4v) is 7.78. The number of rotatable bonds is 12. The van der Waals surface area contributed by atoms with Crippen LogP contribution in [-0.2, 0) is 29.1 Å². The molecule has 1 aromatic carbocycles. The lowest BCUT2D eigenvalue weighted by Crippen LogP contribution is -2.60. The molecule has 4 amide bonds. The molecule has 0 spiro atoms. The number of nitrogens with zero attached hydrogens (tertiary/aromatic N) is 2. The van der Waals surface area contributed by atoms with Gasteiger partial charge >= 0.3 is 6.09 Å². The lowest BCUT2D eigenvalue weighted by Gasteiger charge is -2.36. The Morgan fingerprint density at radius 3 is 2.30 bits per heavy atom. The minimum absolute atomic E-state index is 0.0875. The van der Waals surface area contributed by atoms with E-state index in [4.69, 9.17) is 18.9 Å². The zero-order valence-corrected chi connectivity index (χ0v) is 32.0. The van der Waals surface area contributed by atoms with Crippen LogP contribution in [0.15, 0.2) is 30.9 Å². The number of carbonyl (C=O) groups excluding carboxylic acids is 4. The molecule has 5 atom stereocenters. The summed E-state index contributed by atoms with van der Waals surface area (Å²) in [5, 5.41) is 5.37. The molecule has 1 aliphatic heterocycles. The number of halogens is 1. The van der Waals surface area contributed by atoms with Crippen LogP contribution in [0.1, 0.15) is 67.2 Å². The van der Waals surface area contributed by atoms with Crippen LogP contribution < -0.4 is 29.6 Å². The highest BCUT2D eigenvalue weighted by Crippen LogP contribution is 2.46. The molecular formula is C36H48FN5O10S. The van der Waals surface area contributed by atoms with Gasteiger partial charge in [0, 0.05) is 23.1 Å². The van der Waals surface area contributed by atoms with Crippen molar-refractivity contribution >= 4 is 44.6 Å². The fourth-order valence-electron chi connectivity index (χ4n) is 6.41. The van der Waals surface area contributed by atoms with E-state index in [9.17, 15) is 27.6 Å². The lowest BCUT2D eigenvalue weighted by molar-refractivity contribution is -0.143. The third-order valence-corrected chi connectivity index (χ3v) is 11.3. The van der Waals surface area contributed by atoms with Gasteiger partial charge in [-0.15, -0.1) is 6.58 Å². The van der Waals surface area contributed by atoms with Gasteiger partial charge in [-0.1, -0.05) is 26.8 Å². The molecule has 0 radical (unpaired) electrons. The molecular weight excluding hydrogens is 713 g/mol. The average molecular weight is 762 g/mol. The van der Waals surface area contributed by atoms with E-state index in [-0.39, 0.29) is 31.0 Å². The van der Waals surface area contributed by atoms with Gasteiger partial charge < -0.3 is 34.5 Å². The number of nitrogens with one attached hydrogen (secondary N) is 3. The van der Waals surface area contributed by atoms with Crippen molar-refractivity contribution in [2.24, 2.45) is 11.3 Å². The summed E-state index contributed by atoms with van der Waals surface area (Å²) in [7, 11) is -1.19. The monoisotopic (exact) mass is 761 g/mol. The molecule has 17 heteroatoms. The SMILES string of the molecule is C=C[C@@H]1C[C@]1(NC(=O)[C@@H]1C[C@@H](Oc2nc(F)c(OC)c3cc(OC)ccc23)CN1C(=O)[C@@H](NC(=O)OC(C)(C)C)C(C)(C)C)C(=O)NS(=O)(=O)C1CC1. The van der Waals surface area contributed by atoms with Crippen molar-refractivity contribution in [2.75, 3.05) is 20.8 Å². The molecule has 53 heavy (non-hydrogen) atoms. The summed E-state index contributed by atoms with van der Waals surface area (Å²) in [6.45, 7) is 13.8. The number of alkyl carbamates (subject to hydrolysis) is 1. The number of ether oxygens (including phenoxy) is 4. The van der Waals surface area contributed by atoms with Crippen LogP contribution in [-0.4, -0.2) is 97.5 Å². The molecule has 2 aromatic rings. The normalized spacial score (nSPS) is 23.4. The second kappa shape index (κ2) is 14.3. The zero-order chi connectivity index (χ0) is 39.3. The Bertz CT molecular complexity index is 1920. The smallest absolute Gasteiger partial charge is 0.408 e. The topological polar surface area (TPSA) is 192 Å². The second-order valence-corrected chi connectivity index (χ2v) is 17.7. The van der Waals surface area contributed by atoms with Crippen molar-refractivity contribution in [3.05, 3.63) is 36.8 Å². The molecule has 1 aromatic heterocycles. The standard InChI is InChI=1S/C36H48FN5O10S/c1-10-19-17-36(19,32(45)41-53(47,48)22-12-13-22)40-29(43)25-16-21(18-42(25)31(44)27(34(2,3)4)38-33(46)52-35(5,6)7)51-30-23-14-11-20(49-8)15-24(23)26(50-9)28(37)39-30/h10-11,14-15,19,21-22,25,27H,1,12-13,16-18H2,2-9H3,(H,38,46)(H,40,43)(H,41,45)/t19-,21-,25+,27-,36-/m1/s1. The Morgan fingerprint density at radius 1 is 1.08 bits per heavy atom. The Balaban J connectivity index is 1.49. The van der Waals surface area contributed by atoms with Gasteiger partial charge in [0.25, 0.3) is 11.9 Å². The number of methoxy groups -OCH3 is 2. The van der Waals surface area contributed by atoms with E-state index in [1.54, 1.807) is 59.7 Å². The van der Waals surface area contributed by atoms with E-state index in [0.717, 1.165) is 0 Å². The summed E-state index contributed by atoms with van der Waals surface area (Å²) in [6, 6.07) is 2.33. The van der Waals surface area contributed by atoms with Gasteiger partial charge in [-0.3, -0.25) is 19.1 Å². The molecule has 5 rings (SSSR count). The maximum atomic E-state index is 15.3. The van der Waals surface area contributed by atoms with Crippen LogP contribution in [0.2, 0.25) is 0 Å². The number of fused-ring (bicyclic) bond motifs is 1. The van der Waals surface area contributed by atoms with Gasteiger partial charge in [0.15, 0.2) is 5.75 Å². The molecule has 2 heterocycles. The maximum Gasteiger partial charge on any atom is 0.408 e. The Hall–Kier alpha value is -4.67. The van der Waals surface area contributed by atoms with Gasteiger partial charge in [0.1, 0.15) is 35.1 Å². The lowest BCUT2D eigenvalue weighted by atomic mass is 9.85. The van der Waals surface area contributed by atoms with Gasteiger partial charge in [-0.2, -0.15) is 9.37 Å². The van der Waals surface area contributed by atoms with Crippen LogP contribution in [0.5, 0.6) is 17.4 Å². The highest BCUT2D eigenvalue weighted by Gasteiger charge is 2.62. The Kier molecular flexibility index (Phi) is 10.7. The largest absolute Gasteiger partial charge is 0.497 e. The van der Waals surface area contributed by atoms with Crippen LogP contribution in [0.4, 0.5) is 9.18 Å². The Morgan fingerprint density at radius 2 is 1.75 bits per heavy atom. The Labute approximate surface area is 308 Å². The minimum Gasteiger partial charge on any atom is -0.497 e. The van der Waals surface area contributed by atoms with E-state index in [1.165, 1.54) is 25.2 Å². The molecule has 2 saturated carbocycles. The average Bonchev–Trinajstić information content (AvgIpc) is 3.98. The van der Waals surface area contributed by atoms with E-state index in [0.29, 0.717) is 29.4 Å². The number of sulfonamides is 1. The van der Waals surface area contributed by atoms with Crippen LogP contribution in [0, 0.1) is 17.3 Å². The molecule has 0 bridgehead atoms. The minimum atomic E-state index is -3.94. The van der Waals surface area contributed by atoms with Crippen LogP contribution in [0.3, 0.4) is 0 Å². The number of carbonyl (C=O) groups is 4. The number of likely N-dealkylation sites (tertiary alicyclic amines) is 1. The third kappa shape index (κ3) is 8.44. The van der Waals surface area contributed by atoms with Crippen molar-refractivity contribution < 1.29 is 50.9 Å². The first-order valence-corrected chi connectivity index (χ1v) is 18.9. The summed E-state index contributed by atoms with van der Waals surface area (Å²) < 4.78 is 65.0. The molecule has 0 unspecified atom stereocenters. The number of benzene rings is 1. The van der Waals surface area contributed by atoms with E-state index in [2.05, 4.69) is 26.9 Å². The summed E-state index contributed by atoms with van der Waals surface area (Å²) in [5.41, 5.74) is -3.37. The van der Waals surface area contributed by atoms with Crippen molar-refractivity contribution in [3.63, 3.8) is 0 Å². The zero-order valence-electron chi connectivity index (χ0n) is 31.2. The molecule has 3 fully saturated rings. The summed E-state index contributed by atoms with van der Waals surface area (Å²) >= 11 is 0. The molecule has 2 aliphatic carbocycles. The van der Waals surface area contributed by atoms with Crippen LogP contribution in [0.25, 0.3) is 10.8 Å². The molecule has 15 nitrogen and oxygen atoms in total. The van der Waals surface area contributed by atoms with Crippen LogP contribution >= 0.6 is 0 Å². The maximum absolute atomic E-state index is 15.3. The molecule has 3 N–H and O–H groups in total. The first-order valence-electron chi connectivity index (χ1n) is 17.3. The third-order valence-electron chi connectivity index (χ3n) is 9.44. The number of pyridine rings is 1.